The minimum Gasteiger partial charge on any atom is -0.487 e. The van der Waals surface area contributed by atoms with Gasteiger partial charge < -0.3 is 9.30 Å². The van der Waals surface area contributed by atoms with Crippen molar-refractivity contribution < 1.29 is 4.74 Å². The number of rotatable bonds is 0. The maximum absolute atomic E-state index is 5.71. The van der Waals surface area contributed by atoms with E-state index >= 15 is 0 Å². The van der Waals surface area contributed by atoms with Crippen LogP contribution in [0.4, 0.5) is 0 Å². The predicted molar refractivity (Wildman–Crippen MR) is 54.3 cm³/mol. The van der Waals surface area contributed by atoms with Crippen LogP contribution in [0.25, 0.3) is 0 Å². The number of ether oxygens (including phenoxy) is 1. The molecule has 2 aromatic rings. The minimum atomic E-state index is 0.671. The summed E-state index contributed by atoms with van der Waals surface area (Å²) >= 11 is 0. The highest BCUT2D eigenvalue weighted by atomic mass is 16.5. The molecule has 3 rings (SSSR count). The summed E-state index contributed by atoms with van der Waals surface area (Å²) in [6.45, 7) is 1.59. The van der Waals surface area contributed by atoms with Crippen molar-refractivity contribution in [2.24, 2.45) is 0 Å². The second-order valence-electron chi connectivity index (χ2n) is 3.52. The summed E-state index contributed by atoms with van der Waals surface area (Å²) in [5.41, 5.74) is 2.49. The second kappa shape index (κ2) is 2.91. The van der Waals surface area contributed by atoms with Gasteiger partial charge in [0.15, 0.2) is 0 Å². The number of fused-ring (bicyclic) bond motifs is 2. The van der Waals surface area contributed by atoms with E-state index in [1.807, 2.05) is 12.1 Å². The number of hydrogen-bond donors (Lipinski definition) is 0. The molecule has 70 valence electrons. The van der Waals surface area contributed by atoms with E-state index in [2.05, 4.69) is 35.0 Å². The Balaban J connectivity index is 2.10. The Hall–Kier alpha value is -1.70. The summed E-state index contributed by atoms with van der Waals surface area (Å²) < 4.78 is 7.94. The molecular formula is C12H11NO. The maximum atomic E-state index is 5.71. The van der Waals surface area contributed by atoms with Gasteiger partial charge in [-0.1, -0.05) is 18.2 Å². The van der Waals surface area contributed by atoms with Crippen LogP contribution in [0, 0.1) is 0 Å². The molecule has 0 fully saturated rings. The van der Waals surface area contributed by atoms with Crippen molar-refractivity contribution in [2.75, 3.05) is 0 Å². The molecule has 2 heteroatoms. The van der Waals surface area contributed by atoms with Gasteiger partial charge in [0.25, 0.3) is 0 Å². The lowest BCUT2D eigenvalue weighted by atomic mass is 10.2. The van der Waals surface area contributed by atoms with Crippen molar-refractivity contribution in [1.82, 2.24) is 4.57 Å². The van der Waals surface area contributed by atoms with Gasteiger partial charge in [0.2, 0.25) is 0 Å². The molecule has 0 atom stereocenters. The van der Waals surface area contributed by atoms with Crippen molar-refractivity contribution >= 4 is 0 Å². The molecule has 0 unspecified atom stereocenters. The Morgan fingerprint density at radius 3 is 3.00 bits per heavy atom. The fourth-order valence-corrected chi connectivity index (χ4v) is 1.85. The van der Waals surface area contributed by atoms with Crippen LogP contribution in [0.15, 0.2) is 42.6 Å². The van der Waals surface area contributed by atoms with Gasteiger partial charge in [-0.05, 0) is 18.2 Å². The topological polar surface area (TPSA) is 14.2 Å². The standard InChI is InChI=1S/C12H11NO/c1-2-6-12-10(4-1)8-13-7-3-5-11(13)9-14-12/h1-7H,8-9H2. The Labute approximate surface area is 82.7 Å². The molecule has 1 aromatic heterocycles. The summed E-state index contributed by atoms with van der Waals surface area (Å²) in [7, 11) is 0. The first-order valence-corrected chi connectivity index (χ1v) is 4.78. The molecule has 14 heavy (non-hydrogen) atoms. The molecule has 0 aliphatic carbocycles. The summed E-state index contributed by atoms with van der Waals surface area (Å²) in [4.78, 5) is 0. The fourth-order valence-electron chi connectivity index (χ4n) is 1.85. The third kappa shape index (κ3) is 1.11. The summed E-state index contributed by atoms with van der Waals surface area (Å²) in [5, 5.41) is 0. The zero-order valence-corrected chi connectivity index (χ0v) is 7.81. The molecule has 0 N–H and O–H groups in total. The lowest BCUT2D eigenvalue weighted by molar-refractivity contribution is 0.303. The Morgan fingerprint density at radius 1 is 1.07 bits per heavy atom. The van der Waals surface area contributed by atoms with Crippen LogP contribution in [0.2, 0.25) is 0 Å². The van der Waals surface area contributed by atoms with Crippen LogP contribution in [0.5, 0.6) is 5.75 Å². The molecule has 2 heterocycles. The van der Waals surface area contributed by atoms with Crippen LogP contribution in [-0.2, 0) is 13.2 Å². The minimum absolute atomic E-state index is 0.671. The number of benzene rings is 1. The summed E-state index contributed by atoms with van der Waals surface area (Å²) in [6, 6.07) is 12.4. The van der Waals surface area contributed by atoms with Gasteiger partial charge in [-0.2, -0.15) is 0 Å². The zero-order chi connectivity index (χ0) is 9.38. The smallest absolute Gasteiger partial charge is 0.128 e. The molecule has 0 radical (unpaired) electrons. The molecule has 1 aliphatic heterocycles. The monoisotopic (exact) mass is 185 g/mol. The molecule has 1 aliphatic rings. The van der Waals surface area contributed by atoms with Gasteiger partial charge in [-0.3, -0.25) is 0 Å². The van der Waals surface area contributed by atoms with E-state index in [1.165, 1.54) is 11.3 Å². The van der Waals surface area contributed by atoms with Crippen LogP contribution < -0.4 is 4.74 Å². The van der Waals surface area contributed by atoms with Crippen LogP contribution in [0.1, 0.15) is 11.3 Å². The SMILES string of the molecule is c1ccc2c(c1)Cn1cccc1CO2. The average Bonchev–Trinajstić information content (AvgIpc) is 2.58. The maximum Gasteiger partial charge on any atom is 0.128 e. The van der Waals surface area contributed by atoms with Crippen molar-refractivity contribution in [1.29, 1.82) is 0 Å². The quantitative estimate of drug-likeness (QED) is 0.614. The first kappa shape index (κ1) is 7.68. The highest BCUT2D eigenvalue weighted by Crippen LogP contribution is 2.24. The number of aromatic nitrogens is 1. The van der Waals surface area contributed by atoms with E-state index in [-0.39, 0.29) is 0 Å². The van der Waals surface area contributed by atoms with E-state index in [0.717, 1.165) is 12.3 Å². The van der Waals surface area contributed by atoms with E-state index in [0.29, 0.717) is 6.61 Å². The highest BCUT2D eigenvalue weighted by Gasteiger charge is 2.11. The van der Waals surface area contributed by atoms with Crippen molar-refractivity contribution in [3.05, 3.63) is 53.9 Å². The molecule has 0 amide bonds. The van der Waals surface area contributed by atoms with Gasteiger partial charge in [-0.15, -0.1) is 0 Å². The second-order valence-corrected chi connectivity index (χ2v) is 3.52. The first-order valence-electron chi connectivity index (χ1n) is 4.78. The van der Waals surface area contributed by atoms with Gasteiger partial charge >= 0.3 is 0 Å². The van der Waals surface area contributed by atoms with Crippen molar-refractivity contribution in [2.45, 2.75) is 13.2 Å². The van der Waals surface area contributed by atoms with Gasteiger partial charge in [0.1, 0.15) is 12.4 Å². The lowest BCUT2D eigenvalue weighted by Crippen LogP contribution is -1.99. The largest absolute Gasteiger partial charge is 0.487 e. The van der Waals surface area contributed by atoms with E-state index in [1.54, 1.807) is 0 Å². The molecule has 0 spiro atoms. The molecule has 0 saturated carbocycles. The van der Waals surface area contributed by atoms with Crippen molar-refractivity contribution in [3.8, 4) is 5.75 Å². The Morgan fingerprint density at radius 2 is 2.00 bits per heavy atom. The van der Waals surface area contributed by atoms with Crippen LogP contribution in [0.3, 0.4) is 0 Å². The van der Waals surface area contributed by atoms with Crippen LogP contribution >= 0.6 is 0 Å². The van der Waals surface area contributed by atoms with Crippen LogP contribution in [-0.4, -0.2) is 4.57 Å². The summed E-state index contributed by atoms with van der Waals surface area (Å²) in [6.07, 6.45) is 2.10. The molecule has 1 aromatic carbocycles. The third-order valence-corrected chi connectivity index (χ3v) is 2.61. The van der Waals surface area contributed by atoms with E-state index in [9.17, 15) is 0 Å². The molecule has 2 nitrogen and oxygen atoms in total. The molecule has 0 bridgehead atoms. The third-order valence-electron chi connectivity index (χ3n) is 2.61. The van der Waals surface area contributed by atoms with Gasteiger partial charge in [0.05, 0.1) is 12.2 Å². The highest BCUT2D eigenvalue weighted by molar-refractivity contribution is 5.35. The fraction of sp³-hybridized carbons (Fsp3) is 0.167. The van der Waals surface area contributed by atoms with Gasteiger partial charge in [0, 0.05) is 11.8 Å². The van der Waals surface area contributed by atoms with Crippen molar-refractivity contribution in [3.63, 3.8) is 0 Å². The molecular weight excluding hydrogens is 174 g/mol. The molecule has 0 saturated heterocycles. The zero-order valence-electron chi connectivity index (χ0n) is 7.81. The lowest BCUT2D eigenvalue weighted by Gasteiger charge is -2.04. The summed E-state index contributed by atoms with van der Waals surface area (Å²) in [5.74, 6) is 1.01. The average molecular weight is 185 g/mol. The van der Waals surface area contributed by atoms with E-state index in [4.69, 9.17) is 4.74 Å². The van der Waals surface area contributed by atoms with E-state index < -0.39 is 0 Å². The Kier molecular flexibility index (Phi) is 1.60. The predicted octanol–water partition coefficient (Wildman–Crippen LogP) is 2.43. The number of nitrogens with zero attached hydrogens (tertiary/aromatic N) is 1. The van der Waals surface area contributed by atoms with Gasteiger partial charge in [-0.25, -0.2) is 0 Å². The number of hydrogen-bond acceptors (Lipinski definition) is 1. The Bertz CT molecular complexity index is 459. The number of para-hydroxylation sites is 1. The normalized spacial score (nSPS) is 13.7. The first-order chi connectivity index (χ1) is 6.93.